The van der Waals surface area contributed by atoms with Crippen molar-refractivity contribution in [1.82, 2.24) is 14.7 Å². The maximum absolute atomic E-state index is 13.5. The molecule has 0 N–H and O–H groups in total. The van der Waals surface area contributed by atoms with Crippen molar-refractivity contribution in [3.63, 3.8) is 0 Å². The minimum Gasteiger partial charge on any atom is -0.484 e. The number of nitrogens with zero attached hydrogens (tertiary/aromatic N) is 3. The maximum atomic E-state index is 13.5. The number of para-hydroxylation sites is 1. The number of amides is 2. The standard InChI is InChI=1S/C28H32FN3O5/c29-24-10-8-23(9-11-24)19-32(20-26-7-4-16-36-26)27(33)21-31(13-12-30-14-17-35-18-15-30)28(34)22-37-25-5-2-1-3-6-25/h1-11,16H,12-15,17-22H2. The number of hydrogen-bond acceptors (Lipinski definition) is 6. The number of morpholine rings is 1. The molecule has 1 aliphatic heterocycles. The molecule has 3 aromatic rings. The number of benzene rings is 2. The van der Waals surface area contributed by atoms with Gasteiger partial charge in [-0.25, -0.2) is 4.39 Å². The molecule has 0 aliphatic carbocycles. The molecule has 1 aromatic heterocycles. The number of ether oxygens (including phenoxy) is 2. The minimum absolute atomic E-state index is 0.108. The molecule has 37 heavy (non-hydrogen) atoms. The predicted molar refractivity (Wildman–Crippen MR) is 135 cm³/mol. The zero-order valence-corrected chi connectivity index (χ0v) is 20.8. The normalized spacial score (nSPS) is 13.8. The van der Waals surface area contributed by atoms with Gasteiger partial charge in [-0.05, 0) is 42.0 Å². The Morgan fingerprint density at radius 3 is 2.35 bits per heavy atom. The van der Waals surface area contributed by atoms with E-state index >= 15 is 0 Å². The fourth-order valence-electron chi connectivity index (χ4n) is 4.03. The highest BCUT2D eigenvalue weighted by molar-refractivity contribution is 5.85. The highest BCUT2D eigenvalue weighted by atomic mass is 19.1. The van der Waals surface area contributed by atoms with Crippen LogP contribution in [-0.2, 0) is 27.4 Å². The van der Waals surface area contributed by atoms with E-state index < -0.39 is 0 Å². The van der Waals surface area contributed by atoms with Gasteiger partial charge in [0.15, 0.2) is 6.61 Å². The third kappa shape index (κ3) is 8.44. The quantitative estimate of drug-likeness (QED) is 0.373. The molecule has 1 saturated heterocycles. The molecule has 9 heteroatoms. The summed E-state index contributed by atoms with van der Waals surface area (Å²) in [6.45, 7) is 4.09. The van der Waals surface area contributed by atoms with Crippen LogP contribution in [0.1, 0.15) is 11.3 Å². The van der Waals surface area contributed by atoms with E-state index in [-0.39, 0.29) is 43.9 Å². The van der Waals surface area contributed by atoms with Gasteiger partial charge in [-0.1, -0.05) is 30.3 Å². The average molecular weight is 510 g/mol. The van der Waals surface area contributed by atoms with Gasteiger partial charge in [0.2, 0.25) is 5.91 Å². The number of carbonyl (C=O) groups excluding carboxylic acids is 2. The Morgan fingerprint density at radius 1 is 0.892 bits per heavy atom. The highest BCUT2D eigenvalue weighted by Crippen LogP contribution is 2.13. The Kier molecular flexibility index (Phi) is 9.67. The lowest BCUT2D eigenvalue weighted by Crippen LogP contribution is -2.48. The second kappa shape index (κ2) is 13.6. The monoisotopic (exact) mass is 509 g/mol. The van der Waals surface area contributed by atoms with Gasteiger partial charge in [-0.2, -0.15) is 0 Å². The minimum atomic E-state index is -0.342. The molecule has 196 valence electrons. The van der Waals surface area contributed by atoms with Crippen molar-refractivity contribution in [3.05, 3.63) is 90.1 Å². The summed E-state index contributed by atoms with van der Waals surface area (Å²) in [7, 11) is 0. The van der Waals surface area contributed by atoms with Gasteiger partial charge < -0.3 is 23.7 Å². The number of furan rings is 1. The molecule has 2 heterocycles. The topological polar surface area (TPSA) is 75.5 Å². The molecule has 0 atom stereocenters. The van der Waals surface area contributed by atoms with Crippen LogP contribution in [0.3, 0.4) is 0 Å². The predicted octanol–water partition coefficient (Wildman–Crippen LogP) is 3.19. The lowest BCUT2D eigenvalue weighted by atomic mass is 10.2. The average Bonchev–Trinajstić information content (AvgIpc) is 3.45. The van der Waals surface area contributed by atoms with E-state index in [4.69, 9.17) is 13.9 Å². The lowest BCUT2D eigenvalue weighted by Gasteiger charge is -2.31. The van der Waals surface area contributed by atoms with E-state index in [0.717, 1.165) is 18.7 Å². The molecule has 0 spiro atoms. The lowest BCUT2D eigenvalue weighted by molar-refractivity contribution is -0.142. The van der Waals surface area contributed by atoms with Gasteiger partial charge in [0.25, 0.3) is 5.91 Å². The molecule has 0 saturated carbocycles. The van der Waals surface area contributed by atoms with E-state index in [1.165, 1.54) is 12.1 Å². The third-order valence-corrected chi connectivity index (χ3v) is 6.14. The van der Waals surface area contributed by atoms with E-state index in [2.05, 4.69) is 4.90 Å². The first kappa shape index (κ1) is 26.4. The third-order valence-electron chi connectivity index (χ3n) is 6.14. The van der Waals surface area contributed by atoms with Crippen LogP contribution < -0.4 is 4.74 Å². The molecule has 1 fully saturated rings. The number of carbonyl (C=O) groups is 2. The molecule has 0 unspecified atom stereocenters. The fraction of sp³-hybridized carbons (Fsp3) is 0.357. The first-order valence-electron chi connectivity index (χ1n) is 12.4. The van der Waals surface area contributed by atoms with Crippen LogP contribution in [-0.4, -0.2) is 79.1 Å². The van der Waals surface area contributed by atoms with Crippen molar-refractivity contribution in [2.45, 2.75) is 13.1 Å². The Bertz CT molecular complexity index is 1100. The summed E-state index contributed by atoms with van der Waals surface area (Å²) in [5, 5.41) is 0. The SMILES string of the molecule is O=C(COc1ccccc1)N(CCN1CCOCC1)CC(=O)N(Cc1ccc(F)cc1)Cc1ccco1. The molecular weight excluding hydrogens is 477 g/mol. The van der Waals surface area contributed by atoms with E-state index in [9.17, 15) is 14.0 Å². The summed E-state index contributed by atoms with van der Waals surface area (Å²) in [5.41, 5.74) is 0.778. The second-order valence-corrected chi connectivity index (χ2v) is 8.83. The maximum Gasteiger partial charge on any atom is 0.261 e. The van der Waals surface area contributed by atoms with Crippen LogP contribution in [0.25, 0.3) is 0 Å². The molecular formula is C28H32FN3O5. The van der Waals surface area contributed by atoms with Crippen LogP contribution in [0, 0.1) is 5.82 Å². The van der Waals surface area contributed by atoms with Crippen molar-refractivity contribution < 1.29 is 27.9 Å². The van der Waals surface area contributed by atoms with Crippen LogP contribution in [0.4, 0.5) is 4.39 Å². The molecule has 4 rings (SSSR count). The van der Waals surface area contributed by atoms with E-state index in [1.807, 2.05) is 18.2 Å². The molecule has 0 radical (unpaired) electrons. The van der Waals surface area contributed by atoms with Crippen LogP contribution in [0.15, 0.2) is 77.4 Å². The van der Waals surface area contributed by atoms with Crippen molar-refractivity contribution in [2.75, 3.05) is 52.5 Å². The van der Waals surface area contributed by atoms with Crippen molar-refractivity contribution >= 4 is 11.8 Å². The molecule has 2 aromatic carbocycles. The van der Waals surface area contributed by atoms with Crippen LogP contribution >= 0.6 is 0 Å². The van der Waals surface area contributed by atoms with Crippen molar-refractivity contribution in [2.24, 2.45) is 0 Å². The van der Waals surface area contributed by atoms with Crippen LogP contribution in [0.5, 0.6) is 5.75 Å². The zero-order valence-electron chi connectivity index (χ0n) is 20.8. The largest absolute Gasteiger partial charge is 0.484 e. The van der Waals surface area contributed by atoms with Gasteiger partial charge in [0, 0.05) is 32.7 Å². The van der Waals surface area contributed by atoms with Crippen LogP contribution in [0.2, 0.25) is 0 Å². The molecule has 8 nitrogen and oxygen atoms in total. The molecule has 0 bridgehead atoms. The van der Waals surface area contributed by atoms with Crippen molar-refractivity contribution in [3.8, 4) is 5.75 Å². The highest BCUT2D eigenvalue weighted by Gasteiger charge is 2.24. The summed E-state index contributed by atoms with van der Waals surface area (Å²) >= 11 is 0. The number of rotatable bonds is 12. The molecule has 1 aliphatic rings. The van der Waals surface area contributed by atoms with Crippen molar-refractivity contribution in [1.29, 1.82) is 0 Å². The summed E-state index contributed by atoms with van der Waals surface area (Å²) in [6.07, 6.45) is 1.55. The van der Waals surface area contributed by atoms with Gasteiger partial charge >= 0.3 is 0 Å². The summed E-state index contributed by atoms with van der Waals surface area (Å²) < 4.78 is 30.0. The number of halogens is 1. The van der Waals surface area contributed by atoms with Gasteiger partial charge in [-0.3, -0.25) is 14.5 Å². The van der Waals surface area contributed by atoms with Gasteiger partial charge in [-0.15, -0.1) is 0 Å². The fourth-order valence-corrected chi connectivity index (χ4v) is 4.03. The summed E-state index contributed by atoms with van der Waals surface area (Å²) in [4.78, 5) is 32.1. The van der Waals surface area contributed by atoms with Gasteiger partial charge in [0.1, 0.15) is 17.3 Å². The zero-order chi connectivity index (χ0) is 25.9. The number of hydrogen-bond donors (Lipinski definition) is 0. The Labute approximate surface area is 216 Å². The Morgan fingerprint density at radius 2 is 1.65 bits per heavy atom. The molecule has 2 amide bonds. The van der Waals surface area contributed by atoms with E-state index in [0.29, 0.717) is 37.8 Å². The second-order valence-electron chi connectivity index (χ2n) is 8.83. The first-order valence-corrected chi connectivity index (χ1v) is 12.4. The smallest absolute Gasteiger partial charge is 0.261 e. The van der Waals surface area contributed by atoms with Gasteiger partial charge in [0.05, 0.1) is 32.6 Å². The summed E-state index contributed by atoms with van der Waals surface area (Å²) in [6, 6.07) is 18.7. The summed E-state index contributed by atoms with van der Waals surface area (Å²) in [5.74, 6) is 0.354. The Hall–Kier alpha value is -3.69. The van der Waals surface area contributed by atoms with E-state index in [1.54, 1.807) is 52.5 Å². The Balaban J connectivity index is 1.45. The first-order chi connectivity index (χ1) is 18.1.